The minimum Gasteiger partial charge on any atom is -0.370 e. The third-order valence-electron chi connectivity index (χ3n) is 3.56. The van der Waals surface area contributed by atoms with Gasteiger partial charge in [0.15, 0.2) is 0 Å². The van der Waals surface area contributed by atoms with Gasteiger partial charge in [0.25, 0.3) is 0 Å². The molecule has 1 aliphatic carbocycles. The van der Waals surface area contributed by atoms with Gasteiger partial charge >= 0.3 is 0 Å². The van der Waals surface area contributed by atoms with Gasteiger partial charge in [0.05, 0.1) is 4.90 Å². The standard InChI is InChI=1S/C14H24N4O2S/c1-3-15-14-11-13(7-8-16-14)21(19,20)17-9-10-18(4-2)12-5-6-12/h7-8,11-12,17H,3-6,9-10H2,1-2H3,(H,15,16). The number of sulfonamides is 1. The fourth-order valence-electron chi connectivity index (χ4n) is 2.30. The van der Waals surface area contributed by atoms with Gasteiger partial charge in [0.1, 0.15) is 5.82 Å². The number of pyridine rings is 1. The zero-order valence-corrected chi connectivity index (χ0v) is 13.5. The molecule has 7 heteroatoms. The minimum absolute atomic E-state index is 0.253. The summed E-state index contributed by atoms with van der Waals surface area (Å²) in [4.78, 5) is 6.66. The van der Waals surface area contributed by atoms with Crippen molar-refractivity contribution >= 4 is 15.8 Å². The molecular weight excluding hydrogens is 288 g/mol. The van der Waals surface area contributed by atoms with E-state index in [0.29, 0.717) is 24.9 Å². The molecule has 1 aliphatic rings. The van der Waals surface area contributed by atoms with Crippen LogP contribution in [0.5, 0.6) is 0 Å². The van der Waals surface area contributed by atoms with Gasteiger partial charge in [0.2, 0.25) is 10.0 Å². The maximum Gasteiger partial charge on any atom is 0.240 e. The van der Waals surface area contributed by atoms with E-state index in [4.69, 9.17) is 0 Å². The average Bonchev–Trinajstić information content (AvgIpc) is 3.29. The lowest BCUT2D eigenvalue weighted by Gasteiger charge is -2.19. The molecule has 1 heterocycles. The predicted octanol–water partition coefficient (Wildman–Crippen LogP) is 1.28. The number of hydrogen-bond acceptors (Lipinski definition) is 5. The maximum absolute atomic E-state index is 12.3. The molecule has 0 saturated heterocycles. The summed E-state index contributed by atoms with van der Waals surface area (Å²) in [5, 5.41) is 3.02. The SMILES string of the molecule is CCNc1cc(S(=O)(=O)NCCN(CC)C2CC2)ccn1. The van der Waals surface area contributed by atoms with Crippen LogP contribution < -0.4 is 10.0 Å². The highest BCUT2D eigenvalue weighted by molar-refractivity contribution is 7.89. The lowest BCUT2D eigenvalue weighted by molar-refractivity contribution is 0.282. The summed E-state index contributed by atoms with van der Waals surface area (Å²) in [6, 6.07) is 3.73. The van der Waals surface area contributed by atoms with E-state index in [-0.39, 0.29) is 4.90 Å². The van der Waals surface area contributed by atoms with Crippen LogP contribution in [0.25, 0.3) is 0 Å². The number of nitrogens with one attached hydrogen (secondary N) is 2. The van der Waals surface area contributed by atoms with Crippen LogP contribution in [0.1, 0.15) is 26.7 Å². The van der Waals surface area contributed by atoms with E-state index in [0.717, 1.165) is 13.1 Å². The van der Waals surface area contributed by atoms with Crippen molar-refractivity contribution in [3.05, 3.63) is 18.3 Å². The van der Waals surface area contributed by atoms with Crippen LogP contribution in [0.3, 0.4) is 0 Å². The van der Waals surface area contributed by atoms with Crippen LogP contribution in [0.2, 0.25) is 0 Å². The van der Waals surface area contributed by atoms with Crippen LogP contribution in [0.15, 0.2) is 23.2 Å². The van der Waals surface area contributed by atoms with E-state index in [1.165, 1.54) is 25.1 Å². The van der Waals surface area contributed by atoms with Gasteiger partial charge in [-0.15, -0.1) is 0 Å². The number of aromatic nitrogens is 1. The number of hydrogen-bond donors (Lipinski definition) is 2. The van der Waals surface area contributed by atoms with Crippen molar-refractivity contribution in [3.63, 3.8) is 0 Å². The Morgan fingerprint density at radius 1 is 1.38 bits per heavy atom. The molecule has 0 radical (unpaired) electrons. The summed E-state index contributed by atoms with van der Waals surface area (Å²) in [7, 11) is -3.47. The Balaban J connectivity index is 1.92. The van der Waals surface area contributed by atoms with E-state index in [1.807, 2.05) is 6.92 Å². The predicted molar refractivity (Wildman–Crippen MR) is 83.9 cm³/mol. The third kappa shape index (κ3) is 4.66. The molecule has 118 valence electrons. The van der Waals surface area contributed by atoms with Crippen molar-refractivity contribution in [2.24, 2.45) is 0 Å². The Morgan fingerprint density at radius 2 is 2.14 bits per heavy atom. The van der Waals surface area contributed by atoms with Gasteiger partial charge in [-0.3, -0.25) is 4.90 Å². The van der Waals surface area contributed by atoms with Gasteiger partial charge in [0, 0.05) is 37.9 Å². The molecule has 6 nitrogen and oxygen atoms in total. The van der Waals surface area contributed by atoms with Crippen LogP contribution in [-0.2, 0) is 10.0 Å². The highest BCUT2D eigenvalue weighted by atomic mass is 32.2. The molecule has 0 atom stereocenters. The molecule has 1 fully saturated rings. The molecule has 1 saturated carbocycles. The minimum atomic E-state index is -3.47. The van der Waals surface area contributed by atoms with E-state index >= 15 is 0 Å². The first-order chi connectivity index (χ1) is 10.1. The lowest BCUT2D eigenvalue weighted by atomic mass is 10.4. The van der Waals surface area contributed by atoms with E-state index < -0.39 is 10.0 Å². The van der Waals surface area contributed by atoms with E-state index in [9.17, 15) is 8.42 Å². The molecule has 0 amide bonds. The molecule has 0 aliphatic heterocycles. The zero-order valence-electron chi connectivity index (χ0n) is 12.7. The summed E-state index contributed by atoms with van der Waals surface area (Å²) in [6.07, 6.45) is 3.98. The van der Waals surface area contributed by atoms with Crippen molar-refractivity contribution in [1.29, 1.82) is 0 Å². The summed E-state index contributed by atoms with van der Waals surface area (Å²) in [5.41, 5.74) is 0. The first-order valence-corrected chi connectivity index (χ1v) is 8.98. The highest BCUT2D eigenvalue weighted by Crippen LogP contribution is 2.25. The number of rotatable bonds is 9. The third-order valence-corrected chi connectivity index (χ3v) is 5.02. The molecule has 1 aromatic rings. The fraction of sp³-hybridized carbons (Fsp3) is 0.643. The first kappa shape index (κ1) is 16.2. The van der Waals surface area contributed by atoms with Gasteiger partial charge in [-0.2, -0.15) is 0 Å². The van der Waals surface area contributed by atoms with Gasteiger partial charge in [-0.1, -0.05) is 6.92 Å². The van der Waals surface area contributed by atoms with E-state index in [2.05, 4.69) is 26.8 Å². The largest absolute Gasteiger partial charge is 0.370 e. The Labute approximate surface area is 127 Å². The molecule has 0 unspecified atom stereocenters. The summed E-state index contributed by atoms with van der Waals surface area (Å²) < 4.78 is 27.2. The molecular formula is C14H24N4O2S. The zero-order chi connectivity index (χ0) is 15.3. The topological polar surface area (TPSA) is 74.3 Å². The molecule has 21 heavy (non-hydrogen) atoms. The second-order valence-corrected chi connectivity index (χ2v) is 6.93. The Bertz CT molecular complexity index is 558. The monoisotopic (exact) mass is 312 g/mol. The van der Waals surface area contributed by atoms with Crippen molar-refractivity contribution < 1.29 is 8.42 Å². The fourth-order valence-corrected chi connectivity index (χ4v) is 3.34. The van der Waals surface area contributed by atoms with Crippen molar-refractivity contribution in [2.75, 3.05) is 31.5 Å². The quantitative estimate of drug-likeness (QED) is 0.718. The Hall–Kier alpha value is -1.18. The van der Waals surface area contributed by atoms with E-state index in [1.54, 1.807) is 6.07 Å². The van der Waals surface area contributed by atoms with Crippen LogP contribution in [-0.4, -0.2) is 50.5 Å². The normalized spacial score (nSPS) is 15.4. The average molecular weight is 312 g/mol. The van der Waals surface area contributed by atoms with Crippen LogP contribution in [0.4, 0.5) is 5.82 Å². The Kier molecular flexibility index (Phi) is 5.55. The van der Waals surface area contributed by atoms with Gasteiger partial charge in [-0.05, 0) is 32.4 Å². The van der Waals surface area contributed by atoms with Crippen molar-refractivity contribution in [2.45, 2.75) is 37.6 Å². The number of nitrogens with zero attached hydrogens (tertiary/aromatic N) is 2. The van der Waals surface area contributed by atoms with Gasteiger partial charge in [-0.25, -0.2) is 18.1 Å². The van der Waals surface area contributed by atoms with Crippen LogP contribution >= 0.6 is 0 Å². The summed E-state index contributed by atoms with van der Waals surface area (Å²) in [6.45, 7) is 6.91. The molecule has 2 rings (SSSR count). The molecule has 0 spiro atoms. The van der Waals surface area contributed by atoms with Gasteiger partial charge < -0.3 is 5.32 Å². The van der Waals surface area contributed by atoms with Crippen molar-refractivity contribution in [3.8, 4) is 0 Å². The maximum atomic E-state index is 12.3. The summed E-state index contributed by atoms with van der Waals surface area (Å²) >= 11 is 0. The molecule has 0 aromatic carbocycles. The summed E-state index contributed by atoms with van der Waals surface area (Å²) in [5.74, 6) is 0.577. The van der Waals surface area contributed by atoms with Crippen molar-refractivity contribution in [1.82, 2.24) is 14.6 Å². The molecule has 1 aromatic heterocycles. The smallest absolute Gasteiger partial charge is 0.240 e. The molecule has 0 bridgehead atoms. The lowest BCUT2D eigenvalue weighted by Crippen LogP contribution is -2.36. The van der Waals surface area contributed by atoms with Crippen LogP contribution in [0, 0.1) is 0 Å². The second kappa shape index (κ2) is 7.20. The second-order valence-electron chi connectivity index (χ2n) is 5.16. The number of anilines is 1. The highest BCUT2D eigenvalue weighted by Gasteiger charge is 2.27. The molecule has 2 N–H and O–H groups in total. The first-order valence-electron chi connectivity index (χ1n) is 7.50. The number of likely N-dealkylation sites (N-methyl/N-ethyl adjacent to an activating group) is 1. The Morgan fingerprint density at radius 3 is 2.76 bits per heavy atom.